The van der Waals surface area contributed by atoms with Gasteiger partial charge in [0.25, 0.3) is 5.91 Å². The number of phenols is 1. The van der Waals surface area contributed by atoms with E-state index in [1.807, 2.05) is 0 Å². The van der Waals surface area contributed by atoms with E-state index in [4.69, 9.17) is 50.5 Å². The average Bonchev–Trinajstić information content (AvgIpc) is 3.60. The molecule has 15 nitrogen and oxygen atoms in total. The lowest BCUT2D eigenvalue weighted by Gasteiger charge is -2.51. The Hall–Kier alpha value is -5.75. The van der Waals surface area contributed by atoms with E-state index in [1.54, 1.807) is 63.2 Å². The topological polar surface area (TPSA) is 201 Å². The number of aliphatic hydroxyl groups excluding tert-OH is 2. The van der Waals surface area contributed by atoms with Gasteiger partial charge in [-0.2, -0.15) is 0 Å². The zero-order valence-electron chi connectivity index (χ0n) is 33.4. The first-order valence-electron chi connectivity index (χ1n) is 18.8. The van der Waals surface area contributed by atoms with Crippen LogP contribution in [0.5, 0.6) is 23.0 Å². The van der Waals surface area contributed by atoms with E-state index in [1.165, 1.54) is 25.3 Å². The summed E-state index contributed by atoms with van der Waals surface area (Å²) in [4.78, 5) is 27.7. The molecule has 4 bridgehead atoms. The lowest BCUT2D eigenvalue weighted by atomic mass is 9.85. The number of nitrogens with zero attached hydrogens (tertiary/aromatic N) is 1. The number of fused-ring (bicyclic) bond motifs is 9. The second kappa shape index (κ2) is 16.4. The van der Waals surface area contributed by atoms with Crippen molar-refractivity contribution in [2.75, 3.05) is 33.1 Å². The van der Waals surface area contributed by atoms with Gasteiger partial charge in [-0.25, -0.2) is 0 Å². The summed E-state index contributed by atoms with van der Waals surface area (Å²) in [6, 6.07) is 4.33. The monoisotopic (exact) mass is 841 g/mol. The molecule has 8 rings (SSSR count). The molecular weight excluding hydrogens is 798 g/mol. The molecule has 1 saturated heterocycles. The minimum Gasteiger partial charge on any atom is -0.504 e. The van der Waals surface area contributed by atoms with Gasteiger partial charge in [0.05, 0.1) is 41.5 Å². The van der Waals surface area contributed by atoms with Crippen LogP contribution in [0, 0.1) is 23.7 Å². The number of esters is 1. The fourth-order valence-electron chi connectivity index (χ4n) is 7.71. The molecule has 2 aliphatic carbocycles. The van der Waals surface area contributed by atoms with E-state index in [2.05, 4.69) is 42.2 Å². The second-order valence-electron chi connectivity index (χ2n) is 15.4. The molecule has 2 aromatic carbocycles. The van der Waals surface area contributed by atoms with Crippen molar-refractivity contribution in [3.8, 4) is 46.7 Å². The summed E-state index contributed by atoms with van der Waals surface area (Å²) in [7, 11) is 4.98. The predicted octanol–water partition coefficient (Wildman–Crippen LogP) is 3.63. The first kappa shape index (κ1) is 42.4. The van der Waals surface area contributed by atoms with Crippen LogP contribution in [0.1, 0.15) is 37.4 Å². The molecule has 0 aromatic heterocycles. The number of aliphatic hydroxyl groups is 2. The van der Waals surface area contributed by atoms with E-state index >= 15 is 0 Å². The van der Waals surface area contributed by atoms with Crippen LogP contribution >= 0.6 is 11.6 Å². The summed E-state index contributed by atoms with van der Waals surface area (Å²) in [5, 5.41) is 36.9. The Balaban J connectivity index is 1.34. The van der Waals surface area contributed by atoms with Crippen LogP contribution in [0.4, 0.5) is 5.69 Å². The number of halogens is 1. The molecule has 0 spiro atoms. The Labute approximate surface area is 351 Å². The summed E-state index contributed by atoms with van der Waals surface area (Å²) in [5.41, 5.74) is 4.93. The zero-order valence-corrected chi connectivity index (χ0v) is 34.2. The molecule has 60 heavy (non-hydrogen) atoms. The number of nitrogens with two attached hydrogens (primary N) is 1. The van der Waals surface area contributed by atoms with Crippen LogP contribution < -0.4 is 25.3 Å². The standard InChI is InChI=1S/C44H44ClN3O12/c1-22(28-18-27(54-7)19-32-36(28)47-41(53)23(2)57-32)56-33-21-55-35(50)20-30(46)25-16-29(45)39(31(49)17-25)58-34-12-8-10-24(33)13-14-26-11-9-15-44(26,34)60-42-38(52)37(51)40(48(5)6)43(3,4)59-42/h9-11,15-19,30,33-34,37-38,40,42,49,51-52H,1-2,20-21,46H2,3-7H3,(H,47,53)/b24-10+/t30-,33-,34?,37-,38+,40-,42-,44?/m0/s1. The highest BCUT2D eigenvalue weighted by atomic mass is 35.5. The molecule has 0 saturated carbocycles. The number of phenolic OH excluding ortho intramolecular Hbond substituents is 1. The third-order valence-electron chi connectivity index (χ3n) is 10.6. The predicted molar refractivity (Wildman–Crippen MR) is 218 cm³/mol. The van der Waals surface area contributed by atoms with Crippen molar-refractivity contribution in [3.05, 3.63) is 94.8 Å². The number of nitrogens with one attached hydrogen (secondary N) is 1. The highest BCUT2D eigenvalue weighted by Crippen LogP contribution is 2.45. The molecule has 6 aliphatic rings. The second-order valence-corrected chi connectivity index (χ2v) is 15.8. The molecule has 2 unspecified atom stereocenters. The van der Waals surface area contributed by atoms with Gasteiger partial charge in [-0.1, -0.05) is 48.6 Å². The van der Waals surface area contributed by atoms with E-state index in [0.717, 1.165) is 0 Å². The van der Waals surface area contributed by atoms with E-state index in [9.17, 15) is 24.9 Å². The van der Waals surface area contributed by atoms with Gasteiger partial charge < -0.3 is 64.4 Å². The van der Waals surface area contributed by atoms with Crippen molar-refractivity contribution < 1.29 is 58.1 Å². The third-order valence-corrected chi connectivity index (χ3v) is 10.9. The van der Waals surface area contributed by atoms with E-state index in [0.29, 0.717) is 11.3 Å². The molecule has 2 aromatic rings. The van der Waals surface area contributed by atoms with Crippen LogP contribution in [0.25, 0.3) is 5.76 Å². The van der Waals surface area contributed by atoms with Gasteiger partial charge in [0.2, 0.25) is 0 Å². The SMILES string of the molecule is C=C1Oc2cc(OC)cc(C(=C)O[C@H]3COC(=O)C[C@H](N)c4cc(O)c(c(Cl)c4)OC4C#C/C=C/3C#CC3=CC=CC34O[C@@H]3OC(C)(C)[C@@H](N(C)C)[C@@H](O)[C@H]3O)c2NC1=O. The number of rotatable bonds is 7. The number of carbonyl (C=O) groups is 2. The molecule has 8 atom stereocenters. The summed E-state index contributed by atoms with van der Waals surface area (Å²) >= 11 is 6.72. The van der Waals surface area contributed by atoms with Crippen LogP contribution in [0.15, 0.2) is 78.6 Å². The molecular formula is C44H44ClN3O12. The van der Waals surface area contributed by atoms with Gasteiger partial charge in [0.15, 0.2) is 47.1 Å². The van der Waals surface area contributed by atoms with Gasteiger partial charge in [0.1, 0.15) is 30.3 Å². The minimum atomic E-state index is -1.75. The number of methoxy groups -OCH3 is 1. The molecule has 16 heteroatoms. The maximum atomic E-state index is 13.3. The third kappa shape index (κ3) is 7.97. The number of benzene rings is 2. The summed E-state index contributed by atoms with van der Waals surface area (Å²) in [5.74, 6) is 10.8. The largest absolute Gasteiger partial charge is 0.504 e. The number of anilines is 1. The van der Waals surface area contributed by atoms with Crippen molar-refractivity contribution >= 4 is 34.9 Å². The Morgan fingerprint density at radius 2 is 1.90 bits per heavy atom. The molecule has 4 heterocycles. The van der Waals surface area contributed by atoms with Gasteiger partial charge in [-0.15, -0.1) is 0 Å². The quantitative estimate of drug-likeness (QED) is 0.117. The number of ether oxygens (including phenoxy) is 7. The number of aromatic hydroxyl groups is 1. The Morgan fingerprint density at radius 1 is 1.13 bits per heavy atom. The van der Waals surface area contributed by atoms with Crippen LogP contribution in [0.3, 0.4) is 0 Å². The molecule has 6 N–H and O–H groups in total. The van der Waals surface area contributed by atoms with Crippen molar-refractivity contribution in [3.63, 3.8) is 0 Å². The Morgan fingerprint density at radius 3 is 2.62 bits per heavy atom. The van der Waals surface area contributed by atoms with Crippen LogP contribution in [-0.2, 0) is 28.5 Å². The number of carbonyl (C=O) groups excluding carboxylic acids is 2. The summed E-state index contributed by atoms with van der Waals surface area (Å²) in [6.07, 6.45) is -0.772. The Kier molecular flexibility index (Phi) is 11.6. The number of hydrogen-bond acceptors (Lipinski definition) is 14. The normalized spacial score (nSPS) is 29.9. The fourth-order valence-corrected chi connectivity index (χ4v) is 7.98. The van der Waals surface area contributed by atoms with Crippen molar-refractivity contribution in [2.24, 2.45) is 5.73 Å². The lowest BCUT2D eigenvalue weighted by molar-refractivity contribution is -0.329. The van der Waals surface area contributed by atoms with E-state index < -0.39 is 78.2 Å². The molecule has 4 aliphatic heterocycles. The number of allylic oxidation sites excluding steroid dienone is 3. The van der Waals surface area contributed by atoms with Crippen LogP contribution in [0.2, 0.25) is 5.02 Å². The molecule has 1 fully saturated rings. The number of amides is 1. The highest BCUT2D eigenvalue weighted by Gasteiger charge is 2.55. The Bertz CT molecular complexity index is 2360. The smallest absolute Gasteiger partial charge is 0.307 e. The van der Waals surface area contributed by atoms with Gasteiger partial charge in [0, 0.05) is 29.3 Å². The average molecular weight is 842 g/mol. The lowest BCUT2D eigenvalue weighted by Crippen LogP contribution is -2.68. The minimum absolute atomic E-state index is 0.00942. The van der Waals surface area contributed by atoms with Crippen molar-refractivity contribution in [1.29, 1.82) is 0 Å². The van der Waals surface area contributed by atoms with Crippen LogP contribution in [-0.4, -0.2) is 108 Å². The molecule has 0 radical (unpaired) electrons. The maximum absolute atomic E-state index is 13.3. The van der Waals surface area contributed by atoms with Gasteiger partial charge in [-0.3, -0.25) is 9.59 Å². The molecule has 314 valence electrons. The number of likely N-dealkylation sites (N-methyl/N-ethyl adjacent to an activating group) is 1. The van der Waals surface area contributed by atoms with E-state index in [-0.39, 0.29) is 56.9 Å². The maximum Gasteiger partial charge on any atom is 0.307 e. The van der Waals surface area contributed by atoms with Gasteiger partial charge in [-0.05, 0) is 69.8 Å². The summed E-state index contributed by atoms with van der Waals surface area (Å²) in [6.45, 7) is 10.9. The summed E-state index contributed by atoms with van der Waals surface area (Å²) < 4.78 is 42.8. The highest BCUT2D eigenvalue weighted by molar-refractivity contribution is 6.32. The van der Waals surface area contributed by atoms with Crippen molar-refractivity contribution in [1.82, 2.24) is 4.90 Å². The van der Waals surface area contributed by atoms with Gasteiger partial charge >= 0.3 is 5.97 Å². The zero-order chi connectivity index (χ0) is 43.3. The fraction of sp³-hybridized carbons (Fsp3) is 0.364. The molecule has 1 amide bonds. The first-order valence-corrected chi connectivity index (χ1v) is 19.2. The van der Waals surface area contributed by atoms with Crippen molar-refractivity contribution in [2.45, 2.75) is 74.3 Å². The number of hydrogen-bond donors (Lipinski definition) is 5. The first-order chi connectivity index (χ1) is 28.4.